The highest BCUT2D eigenvalue weighted by Crippen LogP contribution is 2.55. The van der Waals surface area contributed by atoms with Crippen LogP contribution in [0.1, 0.15) is 64.7 Å². The van der Waals surface area contributed by atoms with Crippen molar-refractivity contribution < 1.29 is 9.18 Å². The zero-order valence-electron chi connectivity index (χ0n) is 22.1. The van der Waals surface area contributed by atoms with Gasteiger partial charge in [0.2, 0.25) is 0 Å². The van der Waals surface area contributed by atoms with Crippen LogP contribution in [0.15, 0.2) is 78.4 Å². The van der Waals surface area contributed by atoms with Crippen LogP contribution in [-0.4, -0.2) is 41.9 Å². The Hall–Kier alpha value is -3.24. The van der Waals surface area contributed by atoms with Crippen molar-refractivity contribution in [2.75, 3.05) is 20.6 Å². The van der Waals surface area contributed by atoms with Crippen molar-refractivity contribution in [1.82, 2.24) is 9.80 Å². The minimum absolute atomic E-state index is 0.134. The Morgan fingerprint density at radius 3 is 2.41 bits per heavy atom. The summed E-state index contributed by atoms with van der Waals surface area (Å²) >= 11 is 0. The summed E-state index contributed by atoms with van der Waals surface area (Å²) < 4.78 is 14.3. The van der Waals surface area contributed by atoms with E-state index < -0.39 is 0 Å². The monoisotopic (exact) mass is 494 g/mol. The number of carbonyl (C=O) groups is 1. The first-order chi connectivity index (χ1) is 17.8. The number of benzene rings is 3. The summed E-state index contributed by atoms with van der Waals surface area (Å²) in [5.41, 5.74) is 7.97. The average Bonchev–Trinajstić information content (AvgIpc) is 3.29. The summed E-state index contributed by atoms with van der Waals surface area (Å²) in [6, 6.07) is 23.9. The first-order valence-electron chi connectivity index (χ1n) is 13.5. The van der Waals surface area contributed by atoms with Gasteiger partial charge in [-0.25, -0.2) is 4.39 Å². The molecule has 1 amide bonds. The fraction of sp³-hybridized carbons (Fsp3) is 0.364. The molecule has 0 saturated heterocycles. The number of nitrogens with zero attached hydrogens (tertiary/aromatic N) is 2. The number of carbonyl (C=O) groups excluding carboxylic acids is 1. The number of rotatable bonds is 3. The van der Waals surface area contributed by atoms with E-state index in [-0.39, 0.29) is 22.8 Å². The Labute approximate surface area is 219 Å². The summed E-state index contributed by atoms with van der Waals surface area (Å²) in [6.07, 6.45) is 5.28. The third kappa shape index (κ3) is 3.76. The van der Waals surface area contributed by atoms with Crippen LogP contribution in [0.2, 0.25) is 0 Å². The third-order valence-electron chi connectivity index (χ3n) is 9.37. The molecule has 37 heavy (non-hydrogen) atoms. The minimum atomic E-state index is -0.319. The van der Waals surface area contributed by atoms with E-state index in [2.05, 4.69) is 54.2 Å². The maximum atomic E-state index is 14.3. The van der Waals surface area contributed by atoms with E-state index in [4.69, 9.17) is 0 Å². The molecule has 190 valence electrons. The van der Waals surface area contributed by atoms with Gasteiger partial charge < -0.3 is 4.90 Å². The summed E-state index contributed by atoms with van der Waals surface area (Å²) in [7, 11) is 4.21. The molecule has 0 aromatic heterocycles. The van der Waals surface area contributed by atoms with E-state index in [9.17, 15) is 9.18 Å². The van der Waals surface area contributed by atoms with Crippen LogP contribution < -0.4 is 0 Å². The molecule has 1 heterocycles. The van der Waals surface area contributed by atoms with Gasteiger partial charge in [0.05, 0.1) is 5.54 Å². The van der Waals surface area contributed by atoms with Gasteiger partial charge in [0.15, 0.2) is 0 Å². The number of amides is 1. The van der Waals surface area contributed by atoms with Gasteiger partial charge in [-0.15, -0.1) is 0 Å². The predicted octanol–water partition coefficient (Wildman–Crippen LogP) is 6.76. The second-order valence-electron chi connectivity index (χ2n) is 11.3. The van der Waals surface area contributed by atoms with Crippen LogP contribution in [0.3, 0.4) is 0 Å². The first kappa shape index (κ1) is 24.1. The van der Waals surface area contributed by atoms with Gasteiger partial charge in [0.25, 0.3) is 5.91 Å². The standard InChI is InChI=1S/C33H35FN2O/c1-23-8-6-10-25(20-23)31(37)36-19-14-29-28-13-5-4-9-24(28)21-30(29)33(36)17-15-32(16-18-33,35(2)3)26-11-7-12-27(34)22-26/h4-13,20,22H,14-19,21H2,1-3H3. The van der Waals surface area contributed by atoms with Gasteiger partial charge in [0, 0.05) is 17.6 Å². The lowest BCUT2D eigenvalue weighted by atomic mass is 9.63. The maximum absolute atomic E-state index is 14.3. The highest BCUT2D eigenvalue weighted by atomic mass is 19.1. The fourth-order valence-electron chi connectivity index (χ4n) is 7.41. The van der Waals surface area contributed by atoms with Crippen molar-refractivity contribution >= 4 is 11.5 Å². The fourth-order valence-corrected chi connectivity index (χ4v) is 7.41. The Morgan fingerprint density at radius 2 is 1.68 bits per heavy atom. The van der Waals surface area contributed by atoms with E-state index >= 15 is 0 Å². The molecule has 0 bridgehead atoms. The van der Waals surface area contributed by atoms with Gasteiger partial charge in [-0.3, -0.25) is 9.69 Å². The van der Waals surface area contributed by atoms with E-state index in [1.807, 2.05) is 37.3 Å². The molecular formula is C33H35FN2O. The summed E-state index contributed by atoms with van der Waals surface area (Å²) in [4.78, 5) is 18.6. The number of aryl methyl sites for hydroxylation is 1. The maximum Gasteiger partial charge on any atom is 0.254 e. The van der Waals surface area contributed by atoms with Crippen LogP contribution in [-0.2, 0) is 12.0 Å². The second kappa shape index (κ2) is 8.95. The molecule has 1 spiro atoms. The number of halogens is 1. The first-order valence-corrected chi connectivity index (χ1v) is 13.5. The molecule has 3 nitrogen and oxygen atoms in total. The molecule has 3 aromatic carbocycles. The lowest BCUT2D eigenvalue weighted by molar-refractivity contribution is 0.00714. The lowest BCUT2D eigenvalue weighted by Gasteiger charge is -2.56. The highest BCUT2D eigenvalue weighted by Gasteiger charge is 2.54. The molecule has 1 saturated carbocycles. The van der Waals surface area contributed by atoms with Crippen molar-refractivity contribution in [3.05, 3.63) is 112 Å². The van der Waals surface area contributed by atoms with Crippen molar-refractivity contribution in [1.29, 1.82) is 0 Å². The SMILES string of the molecule is Cc1cccc(C(=O)N2CCC3=C(Cc4ccccc43)C23CCC(c2cccc(F)c2)(N(C)C)CC3)c1. The average molecular weight is 495 g/mol. The molecule has 3 aliphatic rings. The summed E-state index contributed by atoms with van der Waals surface area (Å²) in [5, 5.41) is 0. The molecular weight excluding hydrogens is 459 g/mol. The van der Waals surface area contributed by atoms with Gasteiger partial charge in [0.1, 0.15) is 5.82 Å². The zero-order valence-corrected chi connectivity index (χ0v) is 22.1. The topological polar surface area (TPSA) is 23.6 Å². The molecule has 1 fully saturated rings. The zero-order chi connectivity index (χ0) is 25.8. The Morgan fingerprint density at radius 1 is 0.919 bits per heavy atom. The molecule has 0 atom stereocenters. The molecule has 6 rings (SSSR count). The van der Waals surface area contributed by atoms with Crippen LogP contribution >= 0.6 is 0 Å². The number of fused-ring (bicyclic) bond motifs is 3. The second-order valence-corrected chi connectivity index (χ2v) is 11.3. The van der Waals surface area contributed by atoms with Crippen LogP contribution in [0.4, 0.5) is 4.39 Å². The Balaban J connectivity index is 1.44. The quantitative estimate of drug-likeness (QED) is 0.402. The van der Waals surface area contributed by atoms with E-state index in [0.717, 1.165) is 61.8 Å². The molecule has 3 aromatic rings. The smallest absolute Gasteiger partial charge is 0.254 e. The minimum Gasteiger partial charge on any atom is -0.329 e. The van der Waals surface area contributed by atoms with E-state index in [0.29, 0.717) is 0 Å². The highest BCUT2D eigenvalue weighted by molar-refractivity contribution is 5.96. The largest absolute Gasteiger partial charge is 0.329 e. The van der Waals surface area contributed by atoms with Crippen molar-refractivity contribution in [2.45, 2.75) is 56.5 Å². The summed E-state index contributed by atoms with van der Waals surface area (Å²) in [6.45, 7) is 2.77. The van der Waals surface area contributed by atoms with Crippen LogP contribution in [0, 0.1) is 12.7 Å². The van der Waals surface area contributed by atoms with Crippen molar-refractivity contribution in [3.63, 3.8) is 0 Å². The van der Waals surface area contributed by atoms with Gasteiger partial charge in [-0.1, -0.05) is 54.1 Å². The Bertz CT molecular complexity index is 1400. The van der Waals surface area contributed by atoms with Crippen LogP contribution in [0.25, 0.3) is 5.57 Å². The number of hydrogen-bond acceptors (Lipinski definition) is 2. The Kier molecular flexibility index (Phi) is 5.83. The van der Waals surface area contributed by atoms with Gasteiger partial charge in [-0.05, 0) is 112 Å². The molecule has 1 aliphatic heterocycles. The summed E-state index contributed by atoms with van der Waals surface area (Å²) in [5.74, 6) is -0.0570. The third-order valence-corrected chi connectivity index (χ3v) is 9.37. The van der Waals surface area contributed by atoms with Crippen molar-refractivity contribution in [3.8, 4) is 0 Å². The molecule has 0 unspecified atom stereocenters. The molecule has 2 aliphatic carbocycles. The van der Waals surface area contributed by atoms with E-state index in [1.54, 1.807) is 6.07 Å². The molecule has 0 N–H and O–H groups in total. The van der Waals surface area contributed by atoms with Crippen LogP contribution in [0.5, 0.6) is 0 Å². The van der Waals surface area contributed by atoms with Crippen molar-refractivity contribution in [2.24, 2.45) is 0 Å². The van der Waals surface area contributed by atoms with Gasteiger partial charge >= 0.3 is 0 Å². The van der Waals surface area contributed by atoms with Gasteiger partial charge in [-0.2, -0.15) is 0 Å². The normalized spacial score (nSPS) is 24.9. The molecule has 0 radical (unpaired) electrons. The van der Waals surface area contributed by atoms with E-state index in [1.165, 1.54) is 28.3 Å². The lowest BCUT2D eigenvalue weighted by Crippen LogP contribution is -2.60. The predicted molar refractivity (Wildman–Crippen MR) is 147 cm³/mol. The molecule has 4 heteroatoms. The number of hydrogen-bond donors (Lipinski definition) is 0.